The number of carboxylic acid groups (broad SMARTS) is 1. The summed E-state index contributed by atoms with van der Waals surface area (Å²) in [6, 6.07) is 9.48. The van der Waals surface area contributed by atoms with Crippen LogP contribution in [-0.4, -0.2) is 20.6 Å². The molecular formula is C20H16Cl3N3O3. The van der Waals surface area contributed by atoms with E-state index in [4.69, 9.17) is 34.8 Å². The van der Waals surface area contributed by atoms with Crippen LogP contribution < -0.4 is 10.7 Å². The molecule has 6 nitrogen and oxygen atoms in total. The third-order valence-corrected chi connectivity index (χ3v) is 5.26. The fourth-order valence-electron chi connectivity index (χ4n) is 3.02. The molecule has 2 N–H and O–H groups in total. The van der Waals surface area contributed by atoms with Gasteiger partial charge in [0.2, 0.25) is 0 Å². The molecule has 29 heavy (non-hydrogen) atoms. The van der Waals surface area contributed by atoms with Gasteiger partial charge in [0, 0.05) is 30.1 Å². The van der Waals surface area contributed by atoms with Crippen LogP contribution in [0.1, 0.15) is 23.0 Å². The number of carbonyl (C=O) groups is 1. The summed E-state index contributed by atoms with van der Waals surface area (Å²) >= 11 is 18.0. The van der Waals surface area contributed by atoms with Crippen molar-refractivity contribution >= 4 is 46.6 Å². The van der Waals surface area contributed by atoms with Crippen molar-refractivity contribution in [2.75, 3.05) is 5.32 Å². The van der Waals surface area contributed by atoms with Crippen molar-refractivity contribution in [2.45, 2.75) is 20.0 Å². The van der Waals surface area contributed by atoms with Gasteiger partial charge in [-0.25, -0.2) is 9.78 Å². The van der Waals surface area contributed by atoms with E-state index in [1.807, 2.05) is 6.92 Å². The number of nitrogens with one attached hydrogen (secondary N) is 1. The quantitative estimate of drug-likeness (QED) is 0.537. The Bertz CT molecular complexity index is 1130. The molecule has 0 spiro atoms. The molecule has 2 heterocycles. The molecule has 0 saturated carbocycles. The molecule has 0 aliphatic heterocycles. The molecule has 9 heteroatoms. The SMILES string of the molecule is CCn1c(CNc2ccc(Cl)cn2)cc(=O)c(C(=O)O)c1-c1ccc(Cl)c(Cl)c1. The first-order valence-corrected chi connectivity index (χ1v) is 9.76. The number of rotatable bonds is 6. The molecule has 0 saturated heterocycles. The summed E-state index contributed by atoms with van der Waals surface area (Å²) in [7, 11) is 0. The maximum Gasteiger partial charge on any atom is 0.341 e. The normalized spacial score (nSPS) is 10.8. The van der Waals surface area contributed by atoms with E-state index >= 15 is 0 Å². The van der Waals surface area contributed by atoms with Crippen molar-refractivity contribution in [3.8, 4) is 11.3 Å². The number of hydrogen-bond donors (Lipinski definition) is 2. The van der Waals surface area contributed by atoms with Crippen LogP contribution in [0.3, 0.4) is 0 Å². The Hall–Kier alpha value is -2.54. The van der Waals surface area contributed by atoms with E-state index in [0.717, 1.165) is 0 Å². The van der Waals surface area contributed by atoms with Gasteiger partial charge in [0.1, 0.15) is 11.4 Å². The Morgan fingerprint density at radius 3 is 2.48 bits per heavy atom. The first-order valence-electron chi connectivity index (χ1n) is 8.62. The summed E-state index contributed by atoms with van der Waals surface area (Å²) in [6.07, 6.45) is 1.51. The Kier molecular flexibility index (Phi) is 6.47. The van der Waals surface area contributed by atoms with Gasteiger partial charge in [-0.3, -0.25) is 4.79 Å². The van der Waals surface area contributed by atoms with Gasteiger partial charge in [0.05, 0.1) is 27.3 Å². The van der Waals surface area contributed by atoms with Gasteiger partial charge in [-0.1, -0.05) is 40.9 Å². The van der Waals surface area contributed by atoms with Crippen LogP contribution in [0.4, 0.5) is 5.82 Å². The standard InChI is InChI=1S/C20H16Cl3N3O3/c1-2-26-13(10-25-17-6-4-12(21)9-24-17)8-16(27)18(20(28)29)19(26)11-3-5-14(22)15(23)7-11/h3-9H,2,10H2,1H3,(H,24,25)(H,28,29). The number of anilines is 1. The predicted molar refractivity (Wildman–Crippen MR) is 115 cm³/mol. The van der Waals surface area contributed by atoms with Gasteiger partial charge in [-0.2, -0.15) is 0 Å². The van der Waals surface area contributed by atoms with Crippen molar-refractivity contribution in [3.05, 3.63) is 79.1 Å². The molecule has 0 fully saturated rings. The lowest BCUT2D eigenvalue weighted by atomic mass is 10.0. The summed E-state index contributed by atoms with van der Waals surface area (Å²) < 4.78 is 1.76. The number of nitrogens with zero attached hydrogens (tertiary/aromatic N) is 2. The summed E-state index contributed by atoms with van der Waals surface area (Å²) in [6.45, 7) is 2.55. The zero-order valence-electron chi connectivity index (χ0n) is 15.2. The van der Waals surface area contributed by atoms with Gasteiger partial charge >= 0.3 is 5.97 Å². The Labute approximate surface area is 181 Å². The third-order valence-electron chi connectivity index (χ3n) is 4.30. The molecule has 0 aliphatic carbocycles. The number of carboxylic acids is 1. The second-order valence-corrected chi connectivity index (χ2v) is 7.37. The van der Waals surface area contributed by atoms with E-state index in [0.29, 0.717) is 33.7 Å². The van der Waals surface area contributed by atoms with Crippen LogP contribution in [0.15, 0.2) is 47.4 Å². The van der Waals surface area contributed by atoms with E-state index in [-0.39, 0.29) is 22.8 Å². The van der Waals surface area contributed by atoms with Crippen molar-refractivity contribution < 1.29 is 9.90 Å². The number of halogens is 3. The topological polar surface area (TPSA) is 84.2 Å². The molecule has 0 unspecified atom stereocenters. The van der Waals surface area contributed by atoms with E-state index in [1.54, 1.807) is 34.9 Å². The molecule has 150 valence electrons. The number of aromatic nitrogens is 2. The lowest BCUT2D eigenvalue weighted by molar-refractivity contribution is 0.0695. The zero-order valence-corrected chi connectivity index (χ0v) is 17.5. The summed E-state index contributed by atoms with van der Waals surface area (Å²) in [5.41, 5.74) is 0.442. The molecule has 0 radical (unpaired) electrons. The lowest BCUT2D eigenvalue weighted by Gasteiger charge is -2.20. The highest BCUT2D eigenvalue weighted by Crippen LogP contribution is 2.30. The first-order chi connectivity index (χ1) is 13.8. The molecule has 0 aliphatic rings. The molecule has 3 rings (SSSR count). The van der Waals surface area contributed by atoms with Crippen LogP contribution in [0.25, 0.3) is 11.3 Å². The number of pyridine rings is 2. The average molecular weight is 453 g/mol. The van der Waals surface area contributed by atoms with E-state index < -0.39 is 11.4 Å². The van der Waals surface area contributed by atoms with Crippen LogP contribution in [0.2, 0.25) is 15.1 Å². The van der Waals surface area contributed by atoms with Crippen molar-refractivity contribution in [3.63, 3.8) is 0 Å². The highest BCUT2D eigenvalue weighted by molar-refractivity contribution is 6.42. The Morgan fingerprint density at radius 2 is 1.90 bits per heavy atom. The smallest absolute Gasteiger partial charge is 0.341 e. The molecule has 3 aromatic rings. The molecule has 1 aromatic carbocycles. The van der Waals surface area contributed by atoms with Crippen LogP contribution in [0, 0.1) is 0 Å². The monoisotopic (exact) mass is 451 g/mol. The highest BCUT2D eigenvalue weighted by Gasteiger charge is 2.22. The van der Waals surface area contributed by atoms with Crippen molar-refractivity contribution in [1.29, 1.82) is 0 Å². The average Bonchev–Trinajstić information content (AvgIpc) is 2.68. The second kappa shape index (κ2) is 8.86. The molecular weight excluding hydrogens is 437 g/mol. The van der Waals surface area contributed by atoms with Crippen LogP contribution >= 0.6 is 34.8 Å². The largest absolute Gasteiger partial charge is 0.477 e. The van der Waals surface area contributed by atoms with E-state index in [1.165, 1.54) is 12.3 Å². The first kappa shape index (κ1) is 21.2. The molecule has 0 atom stereocenters. The number of hydrogen-bond acceptors (Lipinski definition) is 4. The summed E-state index contributed by atoms with van der Waals surface area (Å²) in [5, 5.41) is 13.9. The van der Waals surface area contributed by atoms with Gasteiger partial charge in [-0.05, 0) is 31.2 Å². The number of benzene rings is 1. The van der Waals surface area contributed by atoms with E-state index in [2.05, 4.69) is 10.3 Å². The minimum Gasteiger partial charge on any atom is -0.477 e. The van der Waals surface area contributed by atoms with Crippen LogP contribution in [-0.2, 0) is 13.1 Å². The summed E-state index contributed by atoms with van der Waals surface area (Å²) in [5.74, 6) is -0.736. The fourth-order valence-corrected chi connectivity index (χ4v) is 3.43. The van der Waals surface area contributed by atoms with Crippen molar-refractivity contribution in [2.24, 2.45) is 0 Å². The van der Waals surface area contributed by atoms with Gasteiger partial charge in [0.25, 0.3) is 0 Å². The zero-order chi connectivity index (χ0) is 21.1. The van der Waals surface area contributed by atoms with Gasteiger partial charge in [0.15, 0.2) is 5.43 Å². The maximum absolute atomic E-state index is 12.6. The Balaban J connectivity index is 2.14. The van der Waals surface area contributed by atoms with Gasteiger partial charge < -0.3 is 15.0 Å². The van der Waals surface area contributed by atoms with Crippen molar-refractivity contribution in [1.82, 2.24) is 9.55 Å². The van der Waals surface area contributed by atoms with Crippen LogP contribution in [0.5, 0.6) is 0 Å². The van der Waals surface area contributed by atoms with E-state index in [9.17, 15) is 14.7 Å². The molecule has 0 bridgehead atoms. The Morgan fingerprint density at radius 1 is 1.14 bits per heavy atom. The minimum atomic E-state index is -1.31. The van der Waals surface area contributed by atoms with Gasteiger partial charge in [-0.15, -0.1) is 0 Å². The highest BCUT2D eigenvalue weighted by atomic mass is 35.5. The summed E-state index contributed by atoms with van der Waals surface area (Å²) in [4.78, 5) is 28.6. The maximum atomic E-state index is 12.6. The fraction of sp³-hybridized carbons (Fsp3) is 0.150. The number of aromatic carboxylic acids is 1. The molecule has 0 amide bonds. The lowest BCUT2D eigenvalue weighted by Crippen LogP contribution is -2.24. The minimum absolute atomic E-state index is 0.256. The molecule has 2 aromatic heterocycles. The predicted octanol–water partition coefficient (Wildman–Crippen LogP) is 5.20. The second-order valence-electron chi connectivity index (χ2n) is 6.12. The third kappa shape index (κ3) is 4.56.